The number of halogens is 1. The molecule has 1 fully saturated rings. The Hall–Kier alpha value is -1.03. The standard InChI is InChI=1S/C9H11ClN2O2/c1-5(6-2-3-6)12-8(13)4-7(10)11-9(12)14/h4-6H,2-3H2,1H3,(H,11,14). The predicted octanol–water partition coefficient (Wildman–Crippen LogP) is 1.16. The number of hydrogen-bond donors (Lipinski definition) is 1. The Kier molecular flexibility index (Phi) is 2.23. The molecule has 1 heterocycles. The van der Waals surface area contributed by atoms with E-state index in [-0.39, 0.29) is 16.8 Å². The van der Waals surface area contributed by atoms with Crippen molar-refractivity contribution in [1.82, 2.24) is 9.55 Å². The Morgan fingerprint density at radius 2 is 2.21 bits per heavy atom. The van der Waals surface area contributed by atoms with E-state index in [1.54, 1.807) is 0 Å². The molecule has 1 unspecified atom stereocenters. The highest BCUT2D eigenvalue weighted by Gasteiger charge is 2.30. The van der Waals surface area contributed by atoms with Crippen LogP contribution in [0, 0.1) is 5.92 Å². The largest absolute Gasteiger partial charge is 0.329 e. The molecule has 5 heteroatoms. The molecule has 0 aromatic carbocycles. The summed E-state index contributed by atoms with van der Waals surface area (Å²) in [5.74, 6) is 0.468. The van der Waals surface area contributed by atoms with E-state index < -0.39 is 5.69 Å². The molecule has 1 atom stereocenters. The SMILES string of the molecule is CC(C1CC1)n1c(=O)cc(Cl)[nH]c1=O. The lowest BCUT2D eigenvalue weighted by Gasteiger charge is -2.11. The summed E-state index contributed by atoms with van der Waals surface area (Å²) in [5.41, 5.74) is -0.736. The number of H-pyrrole nitrogens is 1. The zero-order valence-electron chi connectivity index (χ0n) is 7.79. The van der Waals surface area contributed by atoms with Crippen LogP contribution in [0.1, 0.15) is 25.8 Å². The maximum atomic E-state index is 11.5. The molecule has 1 aliphatic carbocycles. The Balaban J connectivity index is 2.51. The topological polar surface area (TPSA) is 54.9 Å². The fourth-order valence-electron chi connectivity index (χ4n) is 1.65. The molecule has 1 saturated carbocycles. The van der Waals surface area contributed by atoms with E-state index in [1.165, 1.54) is 10.6 Å². The van der Waals surface area contributed by atoms with Gasteiger partial charge in [-0.1, -0.05) is 11.6 Å². The molecule has 2 rings (SSSR count). The molecule has 0 saturated heterocycles. The molecule has 0 radical (unpaired) electrons. The lowest BCUT2D eigenvalue weighted by atomic mass is 10.2. The quantitative estimate of drug-likeness (QED) is 0.752. The first-order valence-corrected chi connectivity index (χ1v) is 4.99. The first kappa shape index (κ1) is 9.52. The summed E-state index contributed by atoms with van der Waals surface area (Å²) in [6.45, 7) is 1.89. The molecule has 1 N–H and O–H groups in total. The minimum atomic E-state index is -0.415. The summed E-state index contributed by atoms with van der Waals surface area (Å²) < 4.78 is 1.24. The van der Waals surface area contributed by atoms with Crippen LogP contribution >= 0.6 is 11.6 Å². The minimum Gasteiger partial charge on any atom is -0.298 e. The Morgan fingerprint density at radius 1 is 1.57 bits per heavy atom. The van der Waals surface area contributed by atoms with E-state index in [9.17, 15) is 9.59 Å². The highest BCUT2D eigenvalue weighted by atomic mass is 35.5. The van der Waals surface area contributed by atoms with Gasteiger partial charge >= 0.3 is 5.69 Å². The highest BCUT2D eigenvalue weighted by Crippen LogP contribution is 2.38. The Morgan fingerprint density at radius 3 is 2.71 bits per heavy atom. The van der Waals surface area contributed by atoms with Gasteiger partial charge in [0.15, 0.2) is 0 Å². The van der Waals surface area contributed by atoms with Gasteiger partial charge in [-0.25, -0.2) is 4.79 Å². The molecule has 0 bridgehead atoms. The molecule has 4 nitrogen and oxygen atoms in total. The first-order valence-electron chi connectivity index (χ1n) is 4.61. The van der Waals surface area contributed by atoms with Crippen molar-refractivity contribution in [2.24, 2.45) is 5.92 Å². The molecule has 1 aliphatic rings. The van der Waals surface area contributed by atoms with Gasteiger partial charge in [-0.05, 0) is 25.7 Å². The van der Waals surface area contributed by atoms with Crippen LogP contribution in [-0.4, -0.2) is 9.55 Å². The number of aromatic nitrogens is 2. The van der Waals surface area contributed by atoms with Gasteiger partial charge in [0.05, 0.1) is 0 Å². The zero-order valence-corrected chi connectivity index (χ0v) is 8.54. The van der Waals surface area contributed by atoms with Crippen LogP contribution in [0.4, 0.5) is 0 Å². The summed E-state index contributed by atoms with van der Waals surface area (Å²) in [6.07, 6.45) is 2.19. The molecule has 0 spiro atoms. The average molecular weight is 215 g/mol. The van der Waals surface area contributed by atoms with Crippen LogP contribution in [0.3, 0.4) is 0 Å². The monoisotopic (exact) mass is 214 g/mol. The normalized spacial score (nSPS) is 18.1. The summed E-state index contributed by atoms with van der Waals surface area (Å²) >= 11 is 5.55. The maximum absolute atomic E-state index is 11.5. The van der Waals surface area contributed by atoms with Crippen LogP contribution in [0.25, 0.3) is 0 Å². The molecule has 0 aliphatic heterocycles. The molecule has 14 heavy (non-hydrogen) atoms. The third-order valence-corrected chi connectivity index (χ3v) is 2.85. The second-order valence-electron chi connectivity index (χ2n) is 3.71. The van der Waals surface area contributed by atoms with Crippen LogP contribution in [0.2, 0.25) is 5.15 Å². The number of nitrogens with zero attached hydrogens (tertiary/aromatic N) is 1. The number of aromatic amines is 1. The maximum Gasteiger partial charge on any atom is 0.329 e. The predicted molar refractivity (Wildman–Crippen MR) is 53.8 cm³/mol. The zero-order chi connectivity index (χ0) is 10.3. The van der Waals surface area contributed by atoms with E-state index in [0.29, 0.717) is 5.92 Å². The van der Waals surface area contributed by atoms with E-state index in [2.05, 4.69) is 4.98 Å². The number of rotatable bonds is 2. The van der Waals surface area contributed by atoms with Crippen LogP contribution in [0.5, 0.6) is 0 Å². The molecular weight excluding hydrogens is 204 g/mol. The van der Waals surface area contributed by atoms with E-state index in [4.69, 9.17) is 11.6 Å². The molecule has 0 amide bonds. The van der Waals surface area contributed by atoms with Gasteiger partial charge in [-0.2, -0.15) is 0 Å². The van der Waals surface area contributed by atoms with Gasteiger partial charge in [0.25, 0.3) is 5.56 Å². The fourth-order valence-corrected chi connectivity index (χ4v) is 1.83. The lowest BCUT2D eigenvalue weighted by molar-refractivity contribution is 0.451. The molecular formula is C9H11ClN2O2. The van der Waals surface area contributed by atoms with Crippen LogP contribution < -0.4 is 11.2 Å². The summed E-state index contributed by atoms with van der Waals surface area (Å²) in [4.78, 5) is 25.4. The van der Waals surface area contributed by atoms with Gasteiger partial charge in [0.2, 0.25) is 0 Å². The molecule has 1 aromatic heterocycles. The van der Waals surface area contributed by atoms with Gasteiger partial charge < -0.3 is 0 Å². The second-order valence-corrected chi connectivity index (χ2v) is 4.12. The second kappa shape index (κ2) is 3.28. The Labute approximate surface area is 85.5 Å². The van der Waals surface area contributed by atoms with Crippen LogP contribution in [-0.2, 0) is 0 Å². The number of hydrogen-bond acceptors (Lipinski definition) is 2. The smallest absolute Gasteiger partial charge is 0.298 e. The van der Waals surface area contributed by atoms with E-state index >= 15 is 0 Å². The van der Waals surface area contributed by atoms with Crippen molar-refractivity contribution in [3.05, 3.63) is 32.1 Å². The van der Waals surface area contributed by atoms with Crippen molar-refractivity contribution in [3.63, 3.8) is 0 Å². The van der Waals surface area contributed by atoms with Crippen molar-refractivity contribution in [1.29, 1.82) is 0 Å². The highest BCUT2D eigenvalue weighted by molar-refractivity contribution is 6.29. The minimum absolute atomic E-state index is 0.0245. The molecule has 76 valence electrons. The Bertz CT molecular complexity index is 427. The van der Waals surface area contributed by atoms with Gasteiger partial charge in [-0.3, -0.25) is 14.3 Å². The third-order valence-electron chi connectivity index (χ3n) is 2.64. The third kappa shape index (κ3) is 1.62. The van der Waals surface area contributed by atoms with Gasteiger partial charge in [0, 0.05) is 12.1 Å². The lowest BCUT2D eigenvalue weighted by Crippen LogP contribution is -2.37. The van der Waals surface area contributed by atoms with Gasteiger partial charge in [0.1, 0.15) is 5.15 Å². The van der Waals surface area contributed by atoms with Crippen molar-refractivity contribution in [2.45, 2.75) is 25.8 Å². The van der Waals surface area contributed by atoms with E-state index in [0.717, 1.165) is 12.8 Å². The van der Waals surface area contributed by atoms with E-state index in [1.807, 2.05) is 6.92 Å². The average Bonchev–Trinajstić information content (AvgIpc) is 2.83. The van der Waals surface area contributed by atoms with Crippen molar-refractivity contribution in [3.8, 4) is 0 Å². The van der Waals surface area contributed by atoms with Crippen molar-refractivity contribution in [2.75, 3.05) is 0 Å². The molecule has 1 aromatic rings. The summed E-state index contributed by atoms with van der Waals surface area (Å²) in [7, 11) is 0. The van der Waals surface area contributed by atoms with Crippen molar-refractivity contribution < 1.29 is 0 Å². The van der Waals surface area contributed by atoms with Crippen LogP contribution in [0.15, 0.2) is 15.7 Å². The first-order chi connectivity index (χ1) is 6.59. The fraction of sp³-hybridized carbons (Fsp3) is 0.556. The number of nitrogens with one attached hydrogen (secondary N) is 1. The van der Waals surface area contributed by atoms with Crippen molar-refractivity contribution >= 4 is 11.6 Å². The summed E-state index contributed by atoms with van der Waals surface area (Å²) in [6, 6.07) is 1.21. The van der Waals surface area contributed by atoms with Gasteiger partial charge in [-0.15, -0.1) is 0 Å². The summed E-state index contributed by atoms with van der Waals surface area (Å²) in [5, 5.41) is 0.0965.